The maximum atomic E-state index is 12.2. The Morgan fingerprint density at radius 1 is 1.48 bits per heavy atom. The molecule has 1 aliphatic rings. The van der Waals surface area contributed by atoms with Crippen LogP contribution in [0.4, 0.5) is 4.79 Å². The Morgan fingerprint density at radius 2 is 2.28 bits per heavy atom. The van der Waals surface area contributed by atoms with Crippen LogP contribution in [0.2, 0.25) is 0 Å². The molecule has 0 unspecified atom stereocenters. The van der Waals surface area contributed by atoms with Gasteiger partial charge in [-0.3, -0.25) is 4.90 Å². The Labute approximate surface area is 146 Å². The van der Waals surface area contributed by atoms with E-state index in [2.05, 4.69) is 15.0 Å². The topological polar surface area (TPSA) is 84.8 Å². The molecule has 0 saturated carbocycles. The Kier molecular flexibility index (Phi) is 4.80. The van der Waals surface area contributed by atoms with Crippen molar-refractivity contribution < 1.29 is 18.5 Å². The van der Waals surface area contributed by atoms with E-state index in [0.29, 0.717) is 18.3 Å². The van der Waals surface area contributed by atoms with Gasteiger partial charge in [0.2, 0.25) is 11.7 Å². The summed E-state index contributed by atoms with van der Waals surface area (Å²) in [6, 6.07) is 1.90. The number of hydrogen-bond donors (Lipinski definition) is 0. The van der Waals surface area contributed by atoms with Gasteiger partial charge < -0.3 is 18.6 Å². The molecule has 3 heterocycles. The summed E-state index contributed by atoms with van der Waals surface area (Å²) in [5.41, 5.74) is 0.301. The number of aromatic nitrogens is 2. The number of likely N-dealkylation sites (N-methyl/N-ethyl adjacent to an activating group) is 1. The molecule has 0 aromatic carbocycles. The van der Waals surface area contributed by atoms with E-state index in [-0.39, 0.29) is 12.1 Å². The molecule has 0 bridgehead atoms. The SMILES string of the molecule is CN(C(=O)OC(C)(C)C)[C@H]1CCN(Cc2nc(-c3ccoc3)no2)C1. The van der Waals surface area contributed by atoms with E-state index in [9.17, 15) is 4.79 Å². The minimum atomic E-state index is -0.489. The highest BCUT2D eigenvalue weighted by Crippen LogP contribution is 2.21. The standard InChI is InChI=1S/C17H24N4O4/c1-17(2,3)24-16(22)20(4)13-5-7-21(9-13)10-14-18-15(19-25-14)12-6-8-23-11-12/h6,8,11,13H,5,7,9-10H2,1-4H3/t13-/m0/s1. The molecule has 1 amide bonds. The van der Waals surface area contributed by atoms with Crippen LogP contribution < -0.4 is 0 Å². The van der Waals surface area contributed by atoms with E-state index in [1.54, 1.807) is 30.5 Å². The Bertz CT molecular complexity index is 705. The van der Waals surface area contributed by atoms with Crippen molar-refractivity contribution in [2.75, 3.05) is 20.1 Å². The Morgan fingerprint density at radius 3 is 2.96 bits per heavy atom. The summed E-state index contributed by atoms with van der Waals surface area (Å²) in [6.45, 7) is 7.77. The van der Waals surface area contributed by atoms with Crippen LogP contribution in [0.25, 0.3) is 11.4 Å². The molecule has 25 heavy (non-hydrogen) atoms. The molecular weight excluding hydrogens is 324 g/mol. The molecular formula is C17H24N4O4. The van der Waals surface area contributed by atoms with Gasteiger partial charge >= 0.3 is 6.09 Å². The smallest absolute Gasteiger partial charge is 0.410 e. The molecule has 1 saturated heterocycles. The third-order valence-corrected chi connectivity index (χ3v) is 4.08. The van der Waals surface area contributed by atoms with Crippen LogP contribution in [0.5, 0.6) is 0 Å². The first-order chi connectivity index (χ1) is 11.8. The molecule has 2 aromatic heterocycles. The minimum Gasteiger partial charge on any atom is -0.472 e. The average Bonchev–Trinajstić information content (AvgIpc) is 3.26. The fourth-order valence-corrected chi connectivity index (χ4v) is 2.77. The van der Waals surface area contributed by atoms with E-state index in [1.807, 2.05) is 20.8 Å². The second kappa shape index (κ2) is 6.87. The monoisotopic (exact) mass is 348 g/mol. The van der Waals surface area contributed by atoms with Gasteiger partial charge in [0.15, 0.2) is 0 Å². The number of carbonyl (C=O) groups is 1. The van der Waals surface area contributed by atoms with Gasteiger partial charge in [0.1, 0.15) is 11.9 Å². The van der Waals surface area contributed by atoms with E-state index < -0.39 is 5.60 Å². The zero-order valence-electron chi connectivity index (χ0n) is 15.1. The van der Waals surface area contributed by atoms with Gasteiger partial charge in [0.05, 0.1) is 18.4 Å². The van der Waals surface area contributed by atoms with Gasteiger partial charge in [0, 0.05) is 26.2 Å². The molecule has 0 aliphatic carbocycles. The number of amides is 1. The van der Waals surface area contributed by atoms with Crippen LogP contribution in [0.1, 0.15) is 33.1 Å². The van der Waals surface area contributed by atoms with Gasteiger partial charge in [-0.15, -0.1) is 0 Å². The predicted octanol–water partition coefficient (Wildman–Crippen LogP) is 2.77. The predicted molar refractivity (Wildman–Crippen MR) is 89.7 cm³/mol. The molecule has 0 radical (unpaired) electrons. The summed E-state index contributed by atoms with van der Waals surface area (Å²) in [5.74, 6) is 1.07. The fourth-order valence-electron chi connectivity index (χ4n) is 2.77. The largest absolute Gasteiger partial charge is 0.472 e. The molecule has 3 rings (SSSR count). The van der Waals surface area contributed by atoms with Gasteiger partial charge in [-0.25, -0.2) is 4.79 Å². The van der Waals surface area contributed by atoms with Crippen molar-refractivity contribution in [3.8, 4) is 11.4 Å². The Hall–Kier alpha value is -2.35. The number of hydrogen-bond acceptors (Lipinski definition) is 7. The molecule has 136 valence electrons. The first-order valence-electron chi connectivity index (χ1n) is 8.35. The zero-order chi connectivity index (χ0) is 18.0. The van der Waals surface area contributed by atoms with E-state index >= 15 is 0 Å². The summed E-state index contributed by atoms with van der Waals surface area (Å²) < 4.78 is 15.8. The number of ether oxygens (including phenoxy) is 1. The van der Waals surface area contributed by atoms with Gasteiger partial charge in [-0.2, -0.15) is 4.98 Å². The second-order valence-corrected chi connectivity index (χ2v) is 7.29. The molecule has 1 atom stereocenters. The molecule has 8 heteroatoms. The van der Waals surface area contributed by atoms with E-state index in [1.165, 1.54) is 0 Å². The number of furan rings is 1. The van der Waals surface area contributed by atoms with Crippen molar-refractivity contribution in [2.45, 2.75) is 45.4 Å². The van der Waals surface area contributed by atoms with Crippen LogP contribution in [0.3, 0.4) is 0 Å². The summed E-state index contributed by atoms with van der Waals surface area (Å²) in [5, 5.41) is 3.97. The lowest BCUT2D eigenvalue weighted by Crippen LogP contribution is -2.42. The third kappa shape index (κ3) is 4.39. The van der Waals surface area contributed by atoms with Gasteiger partial charge in [-0.05, 0) is 33.3 Å². The molecule has 1 fully saturated rings. The van der Waals surface area contributed by atoms with Crippen molar-refractivity contribution in [3.05, 3.63) is 24.5 Å². The molecule has 0 spiro atoms. The van der Waals surface area contributed by atoms with Crippen LogP contribution in [0, 0.1) is 0 Å². The lowest BCUT2D eigenvalue weighted by Gasteiger charge is -2.28. The summed E-state index contributed by atoms with van der Waals surface area (Å²) >= 11 is 0. The molecule has 2 aromatic rings. The normalized spacial score (nSPS) is 18.5. The highest BCUT2D eigenvalue weighted by molar-refractivity contribution is 5.68. The van der Waals surface area contributed by atoms with Crippen molar-refractivity contribution in [1.29, 1.82) is 0 Å². The first-order valence-corrected chi connectivity index (χ1v) is 8.35. The third-order valence-electron chi connectivity index (χ3n) is 4.08. The van der Waals surface area contributed by atoms with Crippen LogP contribution in [-0.2, 0) is 11.3 Å². The first kappa shape index (κ1) is 17.5. The molecule has 0 N–H and O–H groups in total. The average molecular weight is 348 g/mol. The lowest BCUT2D eigenvalue weighted by atomic mass is 10.2. The van der Waals surface area contributed by atoms with Crippen molar-refractivity contribution >= 4 is 6.09 Å². The number of nitrogens with zero attached hydrogens (tertiary/aromatic N) is 4. The van der Waals surface area contributed by atoms with E-state index in [0.717, 1.165) is 25.1 Å². The highest BCUT2D eigenvalue weighted by Gasteiger charge is 2.31. The zero-order valence-corrected chi connectivity index (χ0v) is 15.1. The van der Waals surface area contributed by atoms with Gasteiger partial charge in [0.25, 0.3) is 0 Å². The van der Waals surface area contributed by atoms with Crippen LogP contribution in [-0.4, -0.2) is 57.8 Å². The lowest BCUT2D eigenvalue weighted by molar-refractivity contribution is 0.0227. The maximum absolute atomic E-state index is 12.2. The summed E-state index contributed by atoms with van der Waals surface area (Å²) in [7, 11) is 1.78. The van der Waals surface area contributed by atoms with Gasteiger partial charge in [-0.1, -0.05) is 5.16 Å². The number of carbonyl (C=O) groups excluding carboxylic acids is 1. The Balaban J connectivity index is 1.54. The highest BCUT2D eigenvalue weighted by atomic mass is 16.6. The molecule has 1 aliphatic heterocycles. The van der Waals surface area contributed by atoms with Crippen molar-refractivity contribution in [2.24, 2.45) is 0 Å². The number of rotatable bonds is 4. The summed E-state index contributed by atoms with van der Waals surface area (Å²) in [6.07, 6.45) is 3.75. The van der Waals surface area contributed by atoms with Crippen molar-refractivity contribution in [3.63, 3.8) is 0 Å². The quantitative estimate of drug-likeness (QED) is 0.840. The van der Waals surface area contributed by atoms with Crippen molar-refractivity contribution in [1.82, 2.24) is 19.9 Å². The van der Waals surface area contributed by atoms with E-state index in [4.69, 9.17) is 13.7 Å². The van der Waals surface area contributed by atoms with Crippen LogP contribution in [0.15, 0.2) is 27.5 Å². The maximum Gasteiger partial charge on any atom is 0.410 e. The minimum absolute atomic E-state index is 0.117. The second-order valence-electron chi connectivity index (χ2n) is 7.29. The molecule has 8 nitrogen and oxygen atoms in total. The summed E-state index contributed by atoms with van der Waals surface area (Å²) in [4.78, 5) is 20.4. The number of likely N-dealkylation sites (tertiary alicyclic amines) is 1. The van der Waals surface area contributed by atoms with Crippen LogP contribution >= 0.6 is 0 Å². The fraction of sp³-hybridized carbons (Fsp3) is 0.588.